The number of likely N-dealkylation sites (N-methyl/N-ethyl adjacent to an activating group) is 1. The molecule has 0 aliphatic heterocycles. The van der Waals surface area contributed by atoms with Gasteiger partial charge in [-0.2, -0.15) is 0 Å². The van der Waals surface area contributed by atoms with Gasteiger partial charge in [-0.25, -0.2) is 8.78 Å². The molecule has 0 aromatic heterocycles. The first-order valence-electron chi connectivity index (χ1n) is 6.51. The molecule has 0 saturated carbocycles. The Bertz CT molecular complexity index is 427. The van der Waals surface area contributed by atoms with Crippen molar-refractivity contribution in [1.82, 2.24) is 10.2 Å². The number of nitrogens with one attached hydrogen (secondary N) is 1. The Kier molecular flexibility index (Phi) is 7.11. The van der Waals surface area contributed by atoms with Crippen molar-refractivity contribution in [2.45, 2.75) is 12.8 Å². The zero-order valence-corrected chi connectivity index (χ0v) is 11.5. The fourth-order valence-corrected chi connectivity index (χ4v) is 1.94. The summed E-state index contributed by atoms with van der Waals surface area (Å²) in [6.07, 6.45) is -1.98. The molecule has 6 heteroatoms. The predicted molar refractivity (Wildman–Crippen MR) is 73.1 cm³/mol. The summed E-state index contributed by atoms with van der Waals surface area (Å²) in [5, 5.41) is 11.9. The fraction of sp³-hybridized carbons (Fsp3) is 0.500. The van der Waals surface area contributed by atoms with E-state index < -0.39 is 18.9 Å². The van der Waals surface area contributed by atoms with Crippen molar-refractivity contribution in [3.63, 3.8) is 0 Å². The van der Waals surface area contributed by atoms with Crippen molar-refractivity contribution in [3.05, 3.63) is 35.4 Å². The van der Waals surface area contributed by atoms with Crippen molar-refractivity contribution < 1.29 is 18.7 Å². The number of carbonyl (C=O) groups excluding carboxylic acids is 1. The van der Waals surface area contributed by atoms with E-state index in [0.717, 1.165) is 10.5 Å². The van der Waals surface area contributed by atoms with Crippen molar-refractivity contribution in [2.24, 2.45) is 0 Å². The van der Waals surface area contributed by atoms with Gasteiger partial charge < -0.3 is 15.3 Å². The molecule has 0 bridgehead atoms. The van der Waals surface area contributed by atoms with E-state index in [-0.39, 0.29) is 13.2 Å². The molecule has 0 heterocycles. The van der Waals surface area contributed by atoms with Crippen LogP contribution in [0.2, 0.25) is 0 Å². The van der Waals surface area contributed by atoms with Gasteiger partial charge in [0.25, 0.3) is 12.3 Å². The van der Waals surface area contributed by atoms with E-state index in [1.807, 2.05) is 12.1 Å². The van der Waals surface area contributed by atoms with E-state index >= 15 is 0 Å². The third-order valence-corrected chi connectivity index (χ3v) is 2.91. The van der Waals surface area contributed by atoms with Gasteiger partial charge in [-0.3, -0.25) is 4.79 Å². The van der Waals surface area contributed by atoms with Gasteiger partial charge in [-0.05, 0) is 31.6 Å². The number of halogens is 2. The minimum atomic E-state index is -2.62. The molecule has 1 aromatic rings. The highest BCUT2D eigenvalue weighted by Crippen LogP contribution is 2.13. The van der Waals surface area contributed by atoms with Gasteiger partial charge in [0.15, 0.2) is 0 Å². The van der Waals surface area contributed by atoms with E-state index in [4.69, 9.17) is 5.11 Å². The van der Waals surface area contributed by atoms with Gasteiger partial charge in [0.2, 0.25) is 0 Å². The lowest BCUT2D eigenvalue weighted by Gasteiger charge is -2.22. The average Bonchev–Trinajstić information content (AvgIpc) is 2.44. The van der Waals surface area contributed by atoms with Gasteiger partial charge in [-0.15, -0.1) is 0 Å². The summed E-state index contributed by atoms with van der Waals surface area (Å²) in [5.74, 6) is -0.467. The van der Waals surface area contributed by atoms with E-state index in [0.29, 0.717) is 18.5 Å². The second kappa shape index (κ2) is 8.60. The number of carbonyl (C=O) groups is 1. The molecule has 0 spiro atoms. The first-order chi connectivity index (χ1) is 9.60. The normalized spacial score (nSPS) is 10.8. The smallest absolute Gasteiger partial charge is 0.255 e. The summed E-state index contributed by atoms with van der Waals surface area (Å²) in [5.41, 5.74) is 1.22. The van der Waals surface area contributed by atoms with Crippen LogP contribution >= 0.6 is 0 Å². The number of aliphatic hydroxyl groups is 1. The molecule has 0 atom stereocenters. The molecule has 112 valence electrons. The predicted octanol–water partition coefficient (Wildman–Crippen LogP) is 1.15. The lowest BCUT2D eigenvalue weighted by Crippen LogP contribution is -2.37. The van der Waals surface area contributed by atoms with Crippen LogP contribution in [0.5, 0.6) is 0 Å². The minimum absolute atomic E-state index is 0.0937. The molecule has 1 rings (SSSR count). The maximum atomic E-state index is 12.5. The van der Waals surface area contributed by atoms with Crippen LogP contribution in [-0.4, -0.2) is 55.6 Å². The molecule has 2 N–H and O–H groups in total. The van der Waals surface area contributed by atoms with Crippen LogP contribution in [-0.2, 0) is 6.42 Å². The second-order valence-corrected chi connectivity index (χ2v) is 4.38. The van der Waals surface area contributed by atoms with Crippen LogP contribution < -0.4 is 5.32 Å². The van der Waals surface area contributed by atoms with Gasteiger partial charge >= 0.3 is 0 Å². The lowest BCUT2D eigenvalue weighted by atomic mass is 10.0. The number of alkyl halides is 2. The fourth-order valence-electron chi connectivity index (χ4n) is 1.94. The number of rotatable bonds is 8. The Balaban J connectivity index is 2.92. The number of hydrogen-bond acceptors (Lipinski definition) is 3. The van der Waals surface area contributed by atoms with E-state index in [1.54, 1.807) is 19.2 Å². The Labute approximate surface area is 117 Å². The zero-order chi connectivity index (χ0) is 15.0. The van der Waals surface area contributed by atoms with Crippen LogP contribution in [0.1, 0.15) is 15.9 Å². The molecule has 0 unspecified atom stereocenters. The van der Waals surface area contributed by atoms with Crippen LogP contribution in [0.4, 0.5) is 8.78 Å². The second-order valence-electron chi connectivity index (χ2n) is 4.38. The number of benzene rings is 1. The number of hydrogen-bond donors (Lipinski definition) is 2. The van der Waals surface area contributed by atoms with Crippen LogP contribution in [0.25, 0.3) is 0 Å². The molecular formula is C14H20F2N2O2. The third kappa shape index (κ3) is 4.86. The molecule has 0 aliphatic carbocycles. The van der Waals surface area contributed by atoms with E-state index in [9.17, 15) is 13.6 Å². The molecule has 1 amide bonds. The Morgan fingerprint density at radius 2 is 2.10 bits per heavy atom. The van der Waals surface area contributed by atoms with Gasteiger partial charge in [0, 0.05) is 12.1 Å². The van der Waals surface area contributed by atoms with Crippen molar-refractivity contribution in [1.29, 1.82) is 0 Å². The summed E-state index contributed by atoms with van der Waals surface area (Å²) in [6.45, 7) is -0.403. The summed E-state index contributed by atoms with van der Waals surface area (Å²) >= 11 is 0. The highest BCUT2D eigenvalue weighted by molar-refractivity contribution is 5.95. The highest BCUT2D eigenvalue weighted by Gasteiger charge is 2.21. The quantitative estimate of drug-likeness (QED) is 0.754. The molecule has 4 nitrogen and oxygen atoms in total. The first kappa shape index (κ1) is 16.5. The summed E-state index contributed by atoms with van der Waals surface area (Å²) in [7, 11) is 1.80. The summed E-state index contributed by atoms with van der Waals surface area (Å²) in [6, 6.07) is 6.95. The molecule has 1 aromatic carbocycles. The van der Waals surface area contributed by atoms with Crippen LogP contribution in [0.15, 0.2) is 24.3 Å². The molecule has 0 radical (unpaired) electrons. The molecule has 0 saturated heterocycles. The topological polar surface area (TPSA) is 52.6 Å². The number of nitrogens with zero attached hydrogens (tertiary/aromatic N) is 1. The Hall–Kier alpha value is -1.53. The van der Waals surface area contributed by atoms with Gasteiger partial charge in [-0.1, -0.05) is 18.2 Å². The summed E-state index contributed by atoms with van der Waals surface area (Å²) in [4.78, 5) is 13.3. The Morgan fingerprint density at radius 1 is 1.40 bits per heavy atom. The maximum absolute atomic E-state index is 12.5. The van der Waals surface area contributed by atoms with E-state index in [1.165, 1.54) is 0 Å². The Morgan fingerprint density at radius 3 is 2.70 bits per heavy atom. The number of amides is 1. The van der Waals surface area contributed by atoms with Crippen molar-refractivity contribution in [2.75, 3.05) is 33.3 Å². The monoisotopic (exact) mass is 286 g/mol. The van der Waals surface area contributed by atoms with Crippen molar-refractivity contribution >= 4 is 5.91 Å². The average molecular weight is 286 g/mol. The maximum Gasteiger partial charge on any atom is 0.255 e. The minimum Gasteiger partial charge on any atom is -0.395 e. The summed E-state index contributed by atoms with van der Waals surface area (Å²) < 4.78 is 25.0. The molecule has 0 aliphatic rings. The SMILES string of the molecule is CNCCc1ccccc1C(=O)N(CCO)CC(F)F. The highest BCUT2D eigenvalue weighted by atomic mass is 19.3. The van der Waals surface area contributed by atoms with Gasteiger partial charge in [0.1, 0.15) is 0 Å². The third-order valence-electron chi connectivity index (χ3n) is 2.91. The van der Waals surface area contributed by atoms with Crippen LogP contribution in [0, 0.1) is 0 Å². The van der Waals surface area contributed by atoms with Crippen molar-refractivity contribution in [3.8, 4) is 0 Å². The lowest BCUT2D eigenvalue weighted by molar-refractivity contribution is 0.0508. The first-order valence-corrected chi connectivity index (χ1v) is 6.51. The largest absolute Gasteiger partial charge is 0.395 e. The molecule has 0 fully saturated rings. The van der Waals surface area contributed by atoms with Gasteiger partial charge in [0.05, 0.1) is 13.2 Å². The standard InChI is InChI=1S/C14H20F2N2O2/c1-17-7-6-11-4-2-3-5-12(11)14(20)18(8-9-19)10-13(15)16/h2-5,13,17,19H,6-10H2,1H3. The van der Waals surface area contributed by atoms with E-state index in [2.05, 4.69) is 5.32 Å². The molecule has 20 heavy (non-hydrogen) atoms. The van der Waals surface area contributed by atoms with Crippen LogP contribution in [0.3, 0.4) is 0 Å². The molecular weight excluding hydrogens is 266 g/mol. The number of aliphatic hydroxyl groups excluding tert-OH is 1. The zero-order valence-electron chi connectivity index (χ0n) is 11.5.